The van der Waals surface area contributed by atoms with Gasteiger partial charge in [0.2, 0.25) is 5.91 Å². The molecular weight excluding hydrogens is 362 g/mol. The molecule has 7 heteroatoms. The first-order valence-corrected chi connectivity index (χ1v) is 9.97. The molecule has 0 bridgehead atoms. The van der Waals surface area contributed by atoms with Crippen LogP contribution in [0.15, 0.2) is 24.5 Å². The van der Waals surface area contributed by atoms with E-state index in [1.807, 2.05) is 12.1 Å². The second-order valence-corrected chi connectivity index (χ2v) is 8.01. The highest BCUT2D eigenvalue weighted by molar-refractivity contribution is 6.31. The summed E-state index contributed by atoms with van der Waals surface area (Å²) in [6.07, 6.45) is 5.80. The summed E-state index contributed by atoms with van der Waals surface area (Å²) in [6.45, 7) is 4.64. The number of benzene rings is 1. The predicted octanol–water partition coefficient (Wildman–Crippen LogP) is 3.46. The number of halogens is 1. The molecule has 1 saturated carbocycles. The molecule has 1 aliphatic rings. The van der Waals surface area contributed by atoms with E-state index in [4.69, 9.17) is 11.6 Å². The Labute approximate surface area is 165 Å². The first-order valence-electron chi connectivity index (χ1n) is 9.59. The van der Waals surface area contributed by atoms with Crippen molar-refractivity contribution in [3.05, 3.63) is 29.5 Å². The van der Waals surface area contributed by atoms with Crippen LogP contribution in [0.3, 0.4) is 0 Å². The number of hydrogen-bond donors (Lipinski definition) is 2. The van der Waals surface area contributed by atoms with Crippen LogP contribution in [0, 0.1) is 0 Å². The van der Waals surface area contributed by atoms with E-state index in [-0.39, 0.29) is 18.5 Å². The van der Waals surface area contributed by atoms with Crippen LogP contribution in [-0.4, -0.2) is 52.5 Å². The number of carbonyl (C=O) groups excluding carboxylic acids is 1. The van der Waals surface area contributed by atoms with Gasteiger partial charge in [0.15, 0.2) is 0 Å². The van der Waals surface area contributed by atoms with Gasteiger partial charge in [0.1, 0.15) is 12.1 Å². The first kappa shape index (κ1) is 19.8. The lowest BCUT2D eigenvalue weighted by Crippen LogP contribution is -2.45. The maximum Gasteiger partial charge on any atom is 0.239 e. The Morgan fingerprint density at radius 3 is 2.70 bits per heavy atom. The summed E-state index contributed by atoms with van der Waals surface area (Å²) in [5, 5.41) is 7.70. The van der Waals surface area contributed by atoms with Gasteiger partial charge >= 0.3 is 0 Å². The van der Waals surface area contributed by atoms with Crippen LogP contribution in [0.5, 0.6) is 0 Å². The van der Waals surface area contributed by atoms with E-state index in [0.29, 0.717) is 22.9 Å². The van der Waals surface area contributed by atoms with Crippen LogP contribution in [0.1, 0.15) is 39.5 Å². The minimum absolute atomic E-state index is 0.00976. The van der Waals surface area contributed by atoms with E-state index >= 15 is 0 Å². The summed E-state index contributed by atoms with van der Waals surface area (Å²) in [6, 6.07) is 6.88. The molecule has 0 saturated heterocycles. The highest BCUT2D eigenvalue weighted by atomic mass is 35.5. The quantitative estimate of drug-likeness (QED) is 0.791. The number of nitrogens with one attached hydrogen (secondary N) is 2. The van der Waals surface area contributed by atoms with Crippen molar-refractivity contribution in [3.8, 4) is 0 Å². The van der Waals surface area contributed by atoms with Gasteiger partial charge in [-0.3, -0.25) is 4.79 Å². The smallest absolute Gasteiger partial charge is 0.239 e. The average molecular weight is 390 g/mol. The zero-order valence-corrected chi connectivity index (χ0v) is 17.0. The van der Waals surface area contributed by atoms with Crippen LogP contribution in [0.2, 0.25) is 5.02 Å². The third-order valence-corrected chi connectivity index (χ3v) is 5.70. The fourth-order valence-electron chi connectivity index (χ4n) is 3.66. The van der Waals surface area contributed by atoms with Crippen molar-refractivity contribution in [1.29, 1.82) is 0 Å². The van der Waals surface area contributed by atoms with Crippen LogP contribution < -0.4 is 10.6 Å². The third kappa shape index (κ3) is 5.08. The molecule has 1 fully saturated rings. The van der Waals surface area contributed by atoms with E-state index in [0.717, 1.165) is 36.6 Å². The highest BCUT2D eigenvalue weighted by Gasteiger charge is 2.25. The van der Waals surface area contributed by atoms with Gasteiger partial charge in [0, 0.05) is 28.5 Å². The molecule has 0 radical (unpaired) electrons. The van der Waals surface area contributed by atoms with Crippen molar-refractivity contribution in [1.82, 2.24) is 20.2 Å². The zero-order chi connectivity index (χ0) is 19.4. The molecule has 1 heterocycles. The highest BCUT2D eigenvalue weighted by Crippen LogP contribution is 2.24. The average Bonchev–Trinajstić information content (AvgIpc) is 2.66. The number of carbonyl (C=O) groups is 1. The van der Waals surface area contributed by atoms with Crippen molar-refractivity contribution >= 4 is 34.2 Å². The lowest BCUT2D eigenvalue weighted by atomic mass is 9.90. The monoisotopic (exact) mass is 389 g/mol. The molecule has 1 aliphatic carbocycles. The molecule has 1 aromatic carbocycles. The van der Waals surface area contributed by atoms with Gasteiger partial charge in [-0.25, -0.2) is 9.97 Å². The van der Waals surface area contributed by atoms with Crippen molar-refractivity contribution in [2.24, 2.45) is 0 Å². The summed E-state index contributed by atoms with van der Waals surface area (Å²) in [5.41, 5.74) is 0.796. The Hall–Kier alpha value is -1.92. The second kappa shape index (κ2) is 8.85. The fourth-order valence-corrected chi connectivity index (χ4v) is 3.83. The van der Waals surface area contributed by atoms with Gasteiger partial charge in [-0.1, -0.05) is 11.6 Å². The molecule has 0 atom stereocenters. The second-order valence-electron chi connectivity index (χ2n) is 7.57. The topological polar surface area (TPSA) is 70.2 Å². The molecule has 0 unspecified atom stereocenters. The minimum atomic E-state index is -0.00976. The molecule has 146 valence electrons. The fraction of sp³-hybridized carbons (Fsp3) is 0.550. The molecule has 3 rings (SSSR count). The number of hydrogen-bond acceptors (Lipinski definition) is 5. The van der Waals surface area contributed by atoms with Crippen LogP contribution in [0.25, 0.3) is 10.9 Å². The maximum atomic E-state index is 12.4. The van der Waals surface area contributed by atoms with Crippen molar-refractivity contribution in [2.75, 3.05) is 18.9 Å². The van der Waals surface area contributed by atoms with E-state index < -0.39 is 0 Å². The number of amides is 1. The Kier molecular flexibility index (Phi) is 6.50. The van der Waals surface area contributed by atoms with Crippen molar-refractivity contribution < 1.29 is 4.79 Å². The van der Waals surface area contributed by atoms with Gasteiger partial charge in [0.25, 0.3) is 0 Å². The maximum absolute atomic E-state index is 12.4. The molecule has 2 N–H and O–H groups in total. The van der Waals surface area contributed by atoms with Crippen LogP contribution in [-0.2, 0) is 4.79 Å². The van der Waals surface area contributed by atoms with E-state index in [1.165, 1.54) is 6.33 Å². The van der Waals surface area contributed by atoms with Crippen LogP contribution >= 0.6 is 11.6 Å². The van der Waals surface area contributed by atoms with Gasteiger partial charge in [0.05, 0.1) is 12.1 Å². The SMILES string of the molecule is CC(C)N(C)C1CCC(NC(=O)CNc2ncnc3ccc(Cl)cc23)CC1. The third-order valence-electron chi connectivity index (χ3n) is 5.47. The Morgan fingerprint density at radius 2 is 2.00 bits per heavy atom. The van der Waals surface area contributed by atoms with E-state index in [1.54, 1.807) is 6.07 Å². The summed E-state index contributed by atoms with van der Waals surface area (Å²) < 4.78 is 0. The summed E-state index contributed by atoms with van der Waals surface area (Å²) in [5.74, 6) is 0.615. The number of fused-ring (bicyclic) bond motifs is 1. The van der Waals surface area contributed by atoms with Crippen molar-refractivity contribution in [3.63, 3.8) is 0 Å². The van der Waals surface area contributed by atoms with Crippen LogP contribution in [0.4, 0.5) is 5.82 Å². The molecule has 27 heavy (non-hydrogen) atoms. The van der Waals surface area contributed by atoms with Crippen molar-refractivity contribution in [2.45, 2.75) is 57.7 Å². The minimum Gasteiger partial charge on any atom is -0.360 e. The van der Waals surface area contributed by atoms with Gasteiger partial charge in [-0.2, -0.15) is 0 Å². The summed E-state index contributed by atoms with van der Waals surface area (Å²) in [4.78, 5) is 23.3. The Bertz CT molecular complexity index is 789. The standard InChI is InChI=1S/C20H28ClN5O/c1-13(2)26(3)16-7-5-15(6-8-16)25-19(27)11-22-20-17-10-14(21)4-9-18(17)23-12-24-20/h4,9-10,12-13,15-16H,5-8,11H2,1-3H3,(H,25,27)(H,22,23,24). The molecule has 1 aromatic heterocycles. The van der Waals surface area contributed by atoms with E-state index in [9.17, 15) is 4.79 Å². The van der Waals surface area contributed by atoms with E-state index in [2.05, 4.69) is 46.4 Å². The number of aromatic nitrogens is 2. The molecular formula is C20H28ClN5O. The lowest BCUT2D eigenvalue weighted by molar-refractivity contribution is -0.120. The molecule has 1 amide bonds. The lowest BCUT2D eigenvalue weighted by Gasteiger charge is -2.37. The molecule has 6 nitrogen and oxygen atoms in total. The zero-order valence-electron chi connectivity index (χ0n) is 16.2. The first-order chi connectivity index (χ1) is 12.9. The Morgan fingerprint density at radius 1 is 1.26 bits per heavy atom. The number of rotatable bonds is 6. The Balaban J connectivity index is 1.50. The molecule has 0 spiro atoms. The number of nitrogens with zero attached hydrogens (tertiary/aromatic N) is 3. The summed E-state index contributed by atoms with van der Waals surface area (Å²) >= 11 is 6.07. The van der Waals surface area contributed by atoms with Gasteiger partial charge < -0.3 is 15.5 Å². The van der Waals surface area contributed by atoms with Gasteiger partial charge in [-0.05, 0) is 64.8 Å². The molecule has 0 aliphatic heterocycles. The molecule has 2 aromatic rings. The van der Waals surface area contributed by atoms with Gasteiger partial charge in [-0.15, -0.1) is 0 Å². The summed E-state index contributed by atoms with van der Waals surface area (Å²) in [7, 11) is 2.19. The largest absolute Gasteiger partial charge is 0.360 e. The normalized spacial score (nSPS) is 20.2. The predicted molar refractivity (Wildman–Crippen MR) is 110 cm³/mol. The number of anilines is 1.